The van der Waals surface area contributed by atoms with Gasteiger partial charge in [0.05, 0.1) is 6.61 Å². The molecule has 0 aliphatic heterocycles. The topological polar surface area (TPSA) is 38.7 Å². The Hall–Kier alpha value is -1.02. The Bertz CT molecular complexity index is 415. The normalized spacial score (nSPS) is 12.8. The molecule has 1 atom stereocenters. The Kier molecular flexibility index (Phi) is 6.36. The first-order valence-electron chi connectivity index (χ1n) is 6.03. The maximum Gasteiger partial charge on any atom is 0.119 e. The van der Waals surface area contributed by atoms with Crippen molar-refractivity contribution in [1.29, 1.82) is 0 Å². The van der Waals surface area contributed by atoms with Crippen molar-refractivity contribution < 1.29 is 14.6 Å². The third-order valence-electron chi connectivity index (χ3n) is 2.58. The number of ether oxygens (including phenoxy) is 2. The number of halogens is 1. The maximum absolute atomic E-state index is 9.83. The van der Waals surface area contributed by atoms with Gasteiger partial charge < -0.3 is 14.6 Å². The lowest BCUT2D eigenvalue weighted by Crippen LogP contribution is -2.35. The molecule has 0 bridgehead atoms. The molecule has 1 aromatic rings. The van der Waals surface area contributed by atoms with Crippen molar-refractivity contribution in [3.8, 4) is 18.1 Å². The smallest absolute Gasteiger partial charge is 0.119 e. The van der Waals surface area contributed by atoms with Crippen LogP contribution in [0.25, 0.3) is 0 Å². The molecular formula is C15H19BrO3. The molecule has 1 rings (SSSR count). The summed E-state index contributed by atoms with van der Waals surface area (Å²) in [6.07, 6.45) is 4.52. The van der Waals surface area contributed by atoms with E-state index in [9.17, 15) is 5.11 Å². The highest BCUT2D eigenvalue weighted by Gasteiger charge is 2.24. The van der Waals surface area contributed by atoms with Crippen LogP contribution in [0.15, 0.2) is 24.3 Å². The first kappa shape index (κ1) is 16.0. The average Bonchev–Trinajstić information content (AvgIpc) is 2.36. The van der Waals surface area contributed by atoms with Crippen LogP contribution in [0.3, 0.4) is 0 Å². The van der Waals surface area contributed by atoms with E-state index in [0.717, 1.165) is 11.3 Å². The Morgan fingerprint density at radius 3 is 2.53 bits per heavy atom. The summed E-state index contributed by atoms with van der Waals surface area (Å²) in [5, 5.41) is 9.83. The van der Waals surface area contributed by atoms with Crippen LogP contribution in [0.5, 0.6) is 5.75 Å². The zero-order valence-corrected chi connectivity index (χ0v) is 12.8. The predicted molar refractivity (Wildman–Crippen MR) is 79.4 cm³/mol. The van der Waals surface area contributed by atoms with Gasteiger partial charge in [-0.3, -0.25) is 0 Å². The van der Waals surface area contributed by atoms with Crippen LogP contribution < -0.4 is 4.74 Å². The molecule has 0 amide bonds. The van der Waals surface area contributed by atoms with Crippen LogP contribution in [-0.4, -0.2) is 28.7 Å². The molecule has 0 heterocycles. The Morgan fingerprint density at radius 1 is 1.37 bits per heavy atom. The molecule has 1 aromatic carbocycles. The fourth-order valence-electron chi connectivity index (χ4n) is 1.28. The number of hydrogen-bond acceptors (Lipinski definition) is 3. The van der Waals surface area contributed by atoms with Crippen molar-refractivity contribution in [2.24, 2.45) is 0 Å². The molecule has 3 nitrogen and oxygen atoms in total. The zero-order valence-electron chi connectivity index (χ0n) is 11.2. The van der Waals surface area contributed by atoms with Gasteiger partial charge in [0, 0.05) is 4.32 Å². The molecule has 0 aliphatic carbocycles. The van der Waals surface area contributed by atoms with Gasteiger partial charge in [0.2, 0.25) is 0 Å². The summed E-state index contributed by atoms with van der Waals surface area (Å²) in [6.45, 7) is 4.83. The lowest BCUT2D eigenvalue weighted by atomic mass is 10.1. The molecule has 0 saturated heterocycles. The SMILES string of the molecule is C#CCOCc1ccc(OCC(O)C(C)(C)Br)cc1. The molecular weight excluding hydrogens is 308 g/mol. The van der Waals surface area contributed by atoms with Crippen molar-refractivity contribution in [2.75, 3.05) is 13.2 Å². The molecule has 0 aliphatic rings. The van der Waals surface area contributed by atoms with Crippen LogP contribution in [0.4, 0.5) is 0 Å². The fraction of sp³-hybridized carbons (Fsp3) is 0.467. The van der Waals surface area contributed by atoms with Crippen molar-refractivity contribution in [3.63, 3.8) is 0 Å². The van der Waals surface area contributed by atoms with E-state index >= 15 is 0 Å². The third kappa shape index (κ3) is 6.11. The number of aliphatic hydroxyl groups excluding tert-OH is 1. The standard InChI is InChI=1S/C15H19BrO3/c1-4-9-18-10-12-5-7-13(8-6-12)19-11-14(17)15(2,3)16/h1,5-8,14,17H,9-11H2,2-3H3. The molecule has 0 radical (unpaired) electrons. The van der Waals surface area contributed by atoms with Crippen molar-refractivity contribution >= 4 is 15.9 Å². The molecule has 1 N–H and O–H groups in total. The molecule has 0 spiro atoms. The fourth-order valence-corrected chi connectivity index (χ4v) is 1.42. The maximum atomic E-state index is 9.83. The van der Waals surface area contributed by atoms with Gasteiger partial charge in [-0.15, -0.1) is 6.42 Å². The van der Waals surface area contributed by atoms with Gasteiger partial charge >= 0.3 is 0 Å². The summed E-state index contributed by atoms with van der Waals surface area (Å²) in [5.41, 5.74) is 1.03. The van der Waals surface area contributed by atoms with Gasteiger partial charge in [-0.25, -0.2) is 0 Å². The van der Waals surface area contributed by atoms with Crippen molar-refractivity contribution in [2.45, 2.75) is 30.9 Å². The number of terminal acetylenes is 1. The minimum atomic E-state index is -0.578. The molecule has 1 unspecified atom stereocenters. The van der Waals surface area contributed by atoms with E-state index in [2.05, 4.69) is 21.9 Å². The van der Waals surface area contributed by atoms with Gasteiger partial charge in [0.15, 0.2) is 0 Å². The van der Waals surface area contributed by atoms with Gasteiger partial charge in [-0.1, -0.05) is 34.0 Å². The number of rotatable bonds is 7. The summed E-state index contributed by atoms with van der Waals surface area (Å²) < 4.78 is 10.4. The highest BCUT2D eigenvalue weighted by Crippen LogP contribution is 2.22. The van der Waals surface area contributed by atoms with Gasteiger partial charge in [0.1, 0.15) is 25.1 Å². The summed E-state index contributed by atoms with van der Waals surface area (Å²) >= 11 is 3.40. The van der Waals surface area contributed by atoms with E-state index in [4.69, 9.17) is 15.9 Å². The summed E-state index contributed by atoms with van der Waals surface area (Å²) in [4.78, 5) is 0. The molecule has 0 saturated carbocycles. The number of hydrogen-bond donors (Lipinski definition) is 1. The lowest BCUT2D eigenvalue weighted by molar-refractivity contribution is 0.0853. The monoisotopic (exact) mass is 326 g/mol. The molecule has 19 heavy (non-hydrogen) atoms. The van der Waals surface area contributed by atoms with Crippen molar-refractivity contribution in [1.82, 2.24) is 0 Å². The van der Waals surface area contributed by atoms with E-state index < -0.39 is 6.10 Å². The summed E-state index contributed by atoms with van der Waals surface area (Å²) in [6, 6.07) is 7.53. The van der Waals surface area contributed by atoms with Crippen LogP contribution >= 0.6 is 15.9 Å². The number of aliphatic hydroxyl groups is 1. The largest absolute Gasteiger partial charge is 0.491 e. The first-order chi connectivity index (χ1) is 8.93. The zero-order chi connectivity index (χ0) is 14.3. The minimum absolute atomic E-state index is 0.241. The van der Waals surface area contributed by atoms with Crippen molar-refractivity contribution in [3.05, 3.63) is 29.8 Å². The first-order valence-corrected chi connectivity index (χ1v) is 6.82. The Labute approximate surface area is 123 Å². The van der Waals surface area contributed by atoms with Gasteiger partial charge in [0.25, 0.3) is 0 Å². The Morgan fingerprint density at radius 2 is 2.00 bits per heavy atom. The van der Waals surface area contributed by atoms with E-state index in [-0.39, 0.29) is 10.9 Å². The molecule has 0 aromatic heterocycles. The number of alkyl halides is 1. The highest BCUT2D eigenvalue weighted by molar-refractivity contribution is 9.10. The highest BCUT2D eigenvalue weighted by atomic mass is 79.9. The van der Waals surface area contributed by atoms with Crippen LogP contribution in [0.2, 0.25) is 0 Å². The van der Waals surface area contributed by atoms with Gasteiger partial charge in [-0.05, 0) is 31.5 Å². The van der Waals surface area contributed by atoms with Crippen LogP contribution in [0, 0.1) is 12.3 Å². The molecule has 104 valence electrons. The predicted octanol–water partition coefficient (Wildman–Crippen LogP) is 2.75. The Balaban J connectivity index is 2.42. The van der Waals surface area contributed by atoms with E-state index in [1.807, 2.05) is 38.1 Å². The second-order valence-corrected chi connectivity index (χ2v) is 6.78. The second-order valence-electron chi connectivity index (χ2n) is 4.73. The van der Waals surface area contributed by atoms with E-state index in [1.165, 1.54) is 0 Å². The van der Waals surface area contributed by atoms with Crippen LogP contribution in [0.1, 0.15) is 19.4 Å². The summed E-state index contributed by atoms with van der Waals surface area (Å²) in [5.74, 6) is 3.14. The van der Waals surface area contributed by atoms with E-state index in [1.54, 1.807) is 0 Å². The summed E-state index contributed by atoms with van der Waals surface area (Å²) in [7, 11) is 0. The third-order valence-corrected chi connectivity index (χ3v) is 3.11. The second kappa shape index (κ2) is 7.54. The quantitative estimate of drug-likeness (QED) is 0.475. The molecule has 0 fully saturated rings. The van der Waals surface area contributed by atoms with Crippen LogP contribution in [-0.2, 0) is 11.3 Å². The average molecular weight is 327 g/mol. The lowest BCUT2D eigenvalue weighted by Gasteiger charge is -2.23. The number of benzene rings is 1. The van der Waals surface area contributed by atoms with Gasteiger partial charge in [-0.2, -0.15) is 0 Å². The van der Waals surface area contributed by atoms with E-state index in [0.29, 0.717) is 13.2 Å². The molecule has 4 heteroatoms. The minimum Gasteiger partial charge on any atom is -0.491 e.